The van der Waals surface area contributed by atoms with Crippen LogP contribution in [-0.2, 0) is 10.8 Å². The van der Waals surface area contributed by atoms with Crippen LogP contribution in [-0.4, -0.2) is 5.11 Å². The molecule has 2 aromatic carbocycles. The minimum atomic E-state index is 0.0131. The first-order valence-corrected chi connectivity index (χ1v) is 9.26. The molecule has 1 N–H and O–H groups in total. The first-order valence-electron chi connectivity index (χ1n) is 9.26. The molecule has 0 spiro atoms. The van der Waals surface area contributed by atoms with Gasteiger partial charge in [-0.2, -0.15) is 0 Å². The second-order valence-electron chi connectivity index (χ2n) is 9.51. The average Bonchev–Trinajstić information content (AvgIpc) is 2.92. The first-order chi connectivity index (χ1) is 11.9. The van der Waals surface area contributed by atoms with Gasteiger partial charge in [-0.05, 0) is 59.1 Å². The first kappa shape index (κ1) is 18.6. The molecule has 0 amide bonds. The lowest BCUT2D eigenvalue weighted by Crippen LogP contribution is -2.11. The topological polar surface area (TPSA) is 33.4 Å². The second-order valence-corrected chi connectivity index (χ2v) is 9.51. The lowest BCUT2D eigenvalue weighted by atomic mass is 9.83. The monoisotopic (exact) mass is 350 g/mol. The van der Waals surface area contributed by atoms with Gasteiger partial charge in [0.15, 0.2) is 0 Å². The third kappa shape index (κ3) is 3.13. The summed E-state index contributed by atoms with van der Waals surface area (Å²) in [5.74, 6) is 0.333. The Kier molecular flexibility index (Phi) is 4.22. The predicted molar refractivity (Wildman–Crippen MR) is 110 cm³/mol. The minimum absolute atomic E-state index is 0.0131. The number of benzene rings is 2. The van der Waals surface area contributed by atoms with Crippen LogP contribution in [0.15, 0.2) is 34.9 Å². The van der Waals surface area contributed by atoms with E-state index in [4.69, 9.17) is 4.42 Å². The third-order valence-electron chi connectivity index (χ3n) is 5.18. The molecule has 1 heterocycles. The van der Waals surface area contributed by atoms with Crippen molar-refractivity contribution in [3.8, 4) is 16.9 Å². The van der Waals surface area contributed by atoms with Crippen molar-refractivity contribution in [1.82, 2.24) is 0 Å². The highest BCUT2D eigenvalue weighted by atomic mass is 16.3. The van der Waals surface area contributed by atoms with Crippen LogP contribution in [0.4, 0.5) is 0 Å². The third-order valence-corrected chi connectivity index (χ3v) is 5.18. The van der Waals surface area contributed by atoms with Crippen molar-refractivity contribution in [3.05, 3.63) is 52.8 Å². The van der Waals surface area contributed by atoms with E-state index in [9.17, 15) is 5.11 Å². The number of hydrogen-bond donors (Lipinski definition) is 1. The van der Waals surface area contributed by atoms with Gasteiger partial charge in [-0.25, -0.2) is 0 Å². The molecule has 2 nitrogen and oxygen atoms in total. The van der Waals surface area contributed by atoms with E-state index in [0.29, 0.717) is 5.75 Å². The summed E-state index contributed by atoms with van der Waals surface area (Å²) in [6.07, 6.45) is 1.78. The number of phenolic OH excluding ortho intramolecular Hbond substituents is 1. The number of furan rings is 1. The predicted octanol–water partition coefficient (Wildman–Crippen LogP) is 7.02. The number of aryl methyl sites for hydroxylation is 2. The Bertz CT molecular complexity index is 976. The maximum absolute atomic E-state index is 10.8. The molecule has 0 radical (unpaired) electrons. The Balaban J connectivity index is 2.33. The van der Waals surface area contributed by atoms with Crippen LogP contribution in [0.2, 0.25) is 0 Å². The summed E-state index contributed by atoms with van der Waals surface area (Å²) in [6, 6.07) is 8.59. The lowest BCUT2D eigenvalue weighted by molar-refractivity contribution is 0.471. The maximum atomic E-state index is 10.8. The van der Waals surface area contributed by atoms with Crippen molar-refractivity contribution < 1.29 is 9.52 Å². The molecule has 0 bridgehead atoms. The fraction of sp³-hybridized carbons (Fsp3) is 0.417. The molecule has 0 fully saturated rings. The van der Waals surface area contributed by atoms with Gasteiger partial charge in [-0.15, -0.1) is 0 Å². The van der Waals surface area contributed by atoms with E-state index in [1.165, 1.54) is 11.1 Å². The lowest BCUT2D eigenvalue weighted by Gasteiger charge is -2.22. The van der Waals surface area contributed by atoms with Crippen molar-refractivity contribution in [2.45, 2.75) is 66.2 Å². The highest BCUT2D eigenvalue weighted by Crippen LogP contribution is 2.42. The zero-order valence-corrected chi connectivity index (χ0v) is 17.2. The molecule has 0 atom stereocenters. The Labute approximate surface area is 156 Å². The van der Waals surface area contributed by atoms with E-state index in [1.54, 1.807) is 6.26 Å². The summed E-state index contributed by atoms with van der Waals surface area (Å²) >= 11 is 0. The van der Waals surface area contributed by atoms with Crippen molar-refractivity contribution in [3.63, 3.8) is 0 Å². The van der Waals surface area contributed by atoms with Crippen molar-refractivity contribution in [2.24, 2.45) is 0 Å². The molecular weight excluding hydrogens is 320 g/mol. The molecule has 26 heavy (non-hydrogen) atoms. The second kappa shape index (κ2) is 5.90. The van der Waals surface area contributed by atoms with Gasteiger partial charge in [0.05, 0.1) is 6.26 Å². The van der Waals surface area contributed by atoms with Crippen LogP contribution in [0.5, 0.6) is 5.75 Å². The molecule has 0 aliphatic carbocycles. The summed E-state index contributed by atoms with van der Waals surface area (Å²) in [6.45, 7) is 17.3. The van der Waals surface area contributed by atoms with Crippen LogP contribution in [0.25, 0.3) is 22.1 Å². The van der Waals surface area contributed by atoms with Gasteiger partial charge in [0.2, 0.25) is 0 Å². The Morgan fingerprint density at radius 3 is 1.85 bits per heavy atom. The van der Waals surface area contributed by atoms with Crippen LogP contribution >= 0.6 is 0 Å². The average molecular weight is 351 g/mol. The maximum Gasteiger partial charge on any atom is 0.137 e. The van der Waals surface area contributed by atoms with E-state index in [1.807, 2.05) is 6.92 Å². The Morgan fingerprint density at radius 1 is 0.731 bits per heavy atom. The number of aromatic hydroxyl groups is 1. The van der Waals surface area contributed by atoms with Gasteiger partial charge in [-0.1, -0.05) is 53.7 Å². The van der Waals surface area contributed by atoms with Crippen LogP contribution in [0.3, 0.4) is 0 Å². The molecule has 2 heteroatoms. The molecule has 0 aliphatic heterocycles. The molecule has 138 valence electrons. The van der Waals surface area contributed by atoms with Gasteiger partial charge in [0.1, 0.15) is 11.3 Å². The fourth-order valence-electron chi connectivity index (χ4n) is 3.37. The largest absolute Gasteiger partial charge is 0.507 e. The van der Waals surface area contributed by atoms with Gasteiger partial charge in [-0.3, -0.25) is 0 Å². The van der Waals surface area contributed by atoms with E-state index in [2.05, 4.69) is 72.7 Å². The van der Waals surface area contributed by atoms with Crippen molar-refractivity contribution >= 4 is 11.0 Å². The standard InChI is InChI=1S/C24H30O2/c1-14-9-16(23(3,4)5)11-18(21(14)25)20-13-26-22-15(2)10-17(12-19(20)22)24(6,7)8/h9-13,25H,1-8H3. The summed E-state index contributed by atoms with van der Waals surface area (Å²) < 4.78 is 5.91. The molecule has 3 aromatic rings. The van der Waals surface area contributed by atoms with E-state index < -0.39 is 0 Å². The van der Waals surface area contributed by atoms with E-state index >= 15 is 0 Å². The summed E-state index contributed by atoms with van der Waals surface area (Å²) in [4.78, 5) is 0. The van der Waals surface area contributed by atoms with Crippen molar-refractivity contribution in [1.29, 1.82) is 0 Å². The highest BCUT2D eigenvalue weighted by Gasteiger charge is 2.22. The molecule has 0 saturated heterocycles. The van der Waals surface area contributed by atoms with Gasteiger partial charge in [0, 0.05) is 16.5 Å². The number of rotatable bonds is 1. The fourth-order valence-corrected chi connectivity index (χ4v) is 3.37. The van der Waals surface area contributed by atoms with Gasteiger partial charge in [0.25, 0.3) is 0 Å². The number of fused-ring (bicyclic) bond motifs is 1. The zero-order chi connectivity index (χ0) is 19.4. The van der Waals surface area contributed by atoms with E-state index in [-0.39, 0.29) is 10.8 Å². The quantitative estimate of drug-likeness (QED) is 0.511. The Morgan fingerprint density at radius 2 is 1.27 bits per heavy atom. The molecule has 0 unspecified atom stereocenters. The number of hydrogen-bond acceptors (Lipinski definition) is 2. The van der Waals surface area contributed by atoms with E-state index in [0.717, 1.165) is 33.2 Å². The number of phenols is 1. The van der Waals surface area contributed by atoms with Crippen molar-refractivity contribution in [2.75, 3.05) is 0 Å². The Hall–Kier alpha value is -2.22. The smallest absolute Gasteiger partial charge is 0.137 e. The summed E-state index contributed by atoms with van der Waals surface area (Å²) in [5, 5.41) is 11.8. The highest BCUT2D eigenvalue weighted by molar-refractivity contribution is 5.97. The SMILES string of the molecule is Cc1cc(C(C)(C)C)cc(-c2coc3c(C)cc(C(C)(C)C)cc23)c1O. The molecule has 3 rings (SSSR count). The van der Waals surface area contributed by atoms with Gasteiger partial charge >= 0.3 is 0 Å². The summed E-state index contributed by atoms with van der Waals surface area (Å²) in [7, 11) is 0. The minimum Gasteiger partial charge on any atom is -0.507 e. The van der Waals surface area contributed by atoms with Gasteiger partial charge < -0.3 is 9.52 Å². The molecular formula is C24H30O2. The normalized spacial score (nSPS) is 12.8. The molecule has 0 saturated carbocycles. The zero-order valence-electron chi connectivity index (χ0n) is 17.2. The van der Waals surface area contributed by atoms with Crippen LogP contribution in [0.1, 0.15) is 63.8 Å². The van der Waals surface area contributed by atoms with Crippen LogP contribution < -0.4 is 0 Å². The molecule has 1 aromatic heterocycles. The summed E-state index contributed by atoms with van der Waals surface area (Å²) in [5.41, 5.74) is 7.27. The molecule has 0 aliphatic rings. The van der Waals surface area contributed by atoms with Crippen LogP contribution in [0, 0.1) is 13.8 Å².